The number of anilines is 1. The molecule has 2 heterocycles. The molecule has 1 amide bonds. The SMILES string of the molecule is Cc1ccc(Cl)cc1N1C(=O)C(=O)/C(=C(\O)c2cccc(Cl)c2)C1c1ccco1. The van der Waals surface area contributed by atoms with E-state index in [2.05, 4.69) is 0 Å². The van der Waals surface area contributed by atoms with Gasteiger partial charge in [0.15, 0.2) is 0 Å². The van der Waals surface area contributed by atoms with E-state index in [0.29, 0.717) is 27.1 Å². The van der Waals surface area contributed by atoms with Gasteiger partial charge in [0.25, 0.3) is 11.7 Å². The number of furan rings is 1. The fourth-order valence-corrected chi connectivity index (χ4v) is 3.79. The van der Waals surface area contributed by atoms with Gasteiger partial charge in [0, 0.05) is 21.3 Å². The van der Waals surface area contributed by atoms with Crippen molar-refractivity contribution in [2.24, 2.45) is 0 Å². The highest BCUT2D eigenvalue weighted by molar-refractivity contribution is 6.52. The van der Waals surface area contributed by atoms with Crippen LogP contribution in [0.4, 0.5) is 5.69 Å². The Hall–Kier alpha value is -3.02. The molecule has 0 bridgehead atoms. The summed E-state index contributed by atoms with van der Waals surface area (Å²) in [7, 11) is 0. The highest BCUT2D eigenvalue weighted by Crippen LogP contribution is 2.43. The number of hydrogen-bond donors (Lipinski definition) is 1. The first-order valence-electron chi connectivity index (χ1n) is 8.75. The van der Waals surface area contributed by atoms with E-state index >= 15 is 0 Å². The van der Waals surface area contributed by atoms with Gasteiger partial charge in [0.2, 0.25) is 0 Å². The molecule has 1 N–H and O–H groups in total. The van der Waals surface area contributed by atoms with Crippen molar-refractivity contribution in [2.75, 3.05) is 4.90 Å². The maximum Gasteiger partial charge on any atom is 0.300 e. The minimum Gasteiger partial charge on any atom is -0.507 e. The quantitative estimate of drug-likeness (QED) is 0.339. The number of amides is 1. The Morgan fingerprint density at radius 2 is 1.79 bits per heavy atom. The number of nitrogens with zero attached hydrogens (tertiary/aromatic N) is 1. The van der Waals surface area contributed by atoms with Crippen LogP contribution in [-0.2, 0) is 9.59 Å². The molecule has 1 aliphatic rings. The van der Waals surface area contributed by atoms with Crippen LogP contribution in [-0.4, -0.2) is 16.8 Å². The summed E-state index contributed by atoms with van der Waals surface area (Å²) in [5, 5.41) is 11.8. The van der Waals surface area contributed by atoms with E-state index in [1.165, 1.54) is 17.2 Å². The van der Waals surface area contributed by atoms with Crippen molar-refractivity contribution in [1.29, 1.82) is 0 Å². The molecule has 29 heavy (non-hydrogen) atoms. The number of carbonyl (C=O) groups excluding carboxylic acids is 2. The van der Waals surface area contributed by atoms with Crippen molar-refractivity contribution in [1.82, 2.24) is 0 Å². The van der Waals surface area contributed by atoms with Crippen LogP contribution in [0.3, 0.4) is 0 Å². The minimum atomic E-state index is -0.943. The highest BCUT2D eigenvalue weighted by atomic mass is 35.5. The van der Waals surface area contributed by atoms with Crippen molar-refractivity contribution in [3.8, 4) is 0 Å². The van der Waals surface area contributed by atoms with Crippen LogP contribution in [0.5, 0.6) is 0 Å². The molecule has 1 atom stereocenters. The third-order valence-corrected chi connectivity index (χ3v) is 5.26. The number of halogens is 2. The van der Waals surface area contributed by atoms with E-state index in [1.807, 2.05) is 0 Å². The third kappa shape index (κ3) is 3.33. The minimum absolute atomic E-state index is 0.0772. The Labute approximate surface area is 176 Å². The number of rotatable bonds is 3. The molecule has 3 aromatic rings. The summed E-state index contributed by atoms with van der Waals surface area (Å²) in [6.07, 6.45) is 1.44. The second kappa shape index (κ2) is 7.43. The predicted molar refractivity (Wildman–Crippen MR) is 111 cm³/mol. The summed E-state index contributed by atoms with van der Waals surface area (Å²) in [6.45, 7) is 1.81. The molecule has 0 spiro atoms. The first-order chi connectivity index (χ1) is 13.9. The van der Waals surface area contributed by atoms with E-state index in [9.17, 15) is 14.7 Å². The first-order valence-corrected chi connectivity index (χ1v) is 9.50. The summed E-state index contributed by atoms with van der Waals surface area (Å²) >= 11 is 12.2. The van der Waals surface area contributed by atoms with Gasteiger partial charge < -0.3 is 9.52 Å². The van der Waals surface area contributed by atoms with Crippen LogP contribution in [0.1, 0.15) is 22.9 Å². The van der Waals surface area contributed by atoms with Crippen molar-refractivity contribution < 1.29 is 19.1 Å². The van der Waals surface area contributed by atoms with Gasteiger partial charge in [-0.25, -0.2) is 0 Å². The molecule has 146 valence electrons. The molecular weight excluding hydrogens is 413 g/mol. The summed E-state index contributed by atoms with van der Waals surface area (Å²) in [4.78, 5) is 27.3. The van der Waals surface area contributed by atoms with E-state index < -0.39 is 17.7 Å². The van der Waals surface area contributed by atoms with Crippen LogP contribution in [0.15, 0.2) is 70.9 Å². The molecule has 1 unspecified atom stereocenters. The van der Waals surface area contributed by atoms with E-state index in [1.54, 1.807) is 55.5 Å². The molecule has 1 saturated heterocycles. The Morgan fingerprint density at radius 3 is 2.48 bits per heavy atom. The summed E-state index contributed by atoms with van der Waals surface area (Å²) < 4.78 is 5.53. The third-order valence-electron chi connectivity index (χ3n) is 4.79. The molecule has 1 aliphatic heterocycles. The Balaban J connectivity index is 1.97. The maximum absolute atomic E-state index is 13.0. The molecule has 1 fully saturated rings. The molecule has 0 aliphatic carbocycles. The molecule has 4 rings (SSSR count). The van der Waals surface area contributed by atoms with Gasteiger partial charge >= 0.3 is 0 Å². The predicted octanol–water partition coefficient (Wildman–Crippen LogP) is 5.52. The fraction of sp³-hybridized carbons (Fsp3) is 0.0909. The van der Waals surface area contributed by atoms with E-state index in [0.717, 1.165) is 5.56 Å². The van der Waals surface area contributed by atoms with E-state index in [-0.39, 0.29) is 11.3 Å². The van der Waals surface area contributed by atoms with Crippen LogP contribution in [0.2, 0.25) is 10.0 Å². The zero-order valence-corrected chi connectivity index (χ0v) is 16.7. The molecule has 0 saturated carbocycles. The lowest BCUT2D eigenvalue weighted by atomic mass is 9.99. The van der Waals surface area contributed by atoms with Crippen molar-refractivity contribution in [2.45, 2.75) is 13.0 Å². The second-order valence-electron chi connectivity index (χ2n) is 6.63. The van der Waals surface area contributed by atoms with Crippen LogP contribution in [0, 0.1) is 6.92 Å². The number of aliphatic hydroxyl groups is 1. The van der Waals surface area contributed by atoms with Gasteiger partial charge in [0.1, 0.15) is 17.6 Å². The Morgan fingerprint density at radius 1 is 1.03 bits per heavy atom. The molecule has 5 nitrogen and oxygen atoms in total. The molecule has 1 aromatic heterocycles. The topological polar surface area (TPSA) is 70.8 Å². The monoisotopic (exact) mass is 427 g/mol. The lowest BCUT2D eigenvalue weighted by Crippen LogP contribution is -2.30. The zero-order valence-electron chi connectivity index (χ0n) is 15.2. The largest absolute Gasteiger partial charge is 0.507 e. The van der Waals surface area contributed by atoms with Gasteiger partial charge in [-0.2, -0.15) is 0 Å². The standard InChI is InChI=1S/C22H15Cl2NO4/c1-12-7-8-15(24)11-16(12)25-19(17-6-3-9-29-17)18(21(27)22(25)28)20(26)13-4-2-5-14(23)10-13/h2-11,19,26H,1H3/b20-18-. The molecule has 7 heteroatoms. The average molecular weight is 428 g/mol. The first kappa shape index (κ1) is 19.3. The number of benzene rings is 2. The Kier molecular flexibility index (Phi) is 4.94. The lowest BCUT2D eigenvalue weighted by Gasteiger charge is -2.25. The average Bonchev–Trinajstić information content (AvgIpc) is 3.31. The van der Waals surface area contributed by atoms with Crippen LogP contribution < -0.4 is 4.90 Å². The maximum atomic E-state index is 13.0. The van der Waals surface area contributed by atoms with Gasteiger partial charge in [-0.1, -0.05) is 41.4 Å². The number of aliphatic hydroxyl groups excluding tert-OH is 1. The summed E-state index contributed by atoms with van der Waals surface area (Å²) in [5.74, 6) is -1.58. The van der Waals surface area contributed by atoms with Gasteiger partial charge in [-0.05, 0) is 48.9 Å². The Bertz CT molecular complexity index is 1150. The summed E-state index contributed by atoms with van der Waals surface area (Å²) in [5.41, 5.74) is 1.46. The van der Waals surface area contributed by atoms with E-state index in [4.69, 9.17) is 27.6 Å². The zero-order chi connectivity index (χ0) is 20.7. The number of carbonyl (C=O) groups is 2. The smallest absolute Gasteiger partial charge is 0.300 e. The normalized spacial score (nSPS) is 18.4. The van der Waals surface area contributed by atoms with Crippen molar-refractivity contribution in [3.05, 3.63) is 93.4 Å². The van der Waals surface area contributed by atoms with Gasteiger partial charge in [-0.15, -0.1) is 0 Å². The van der Waals surface area contributed by atoms with Crippen molar-refractivity contribution in [3.63, 3.8) is 0 Å². The van der Waals surface area contributed by atoms with Crippen molar-refractivity contribution >= 4 is 46.3 Å². The van der Waals surface area contributed by atoms with Crippen LogP contribution in [0.25, 0.3) is 5.76 Å². The summed E-state index contributed by atoms with van der Waals surface area (Å²) in [6, 6.07) is 13.9. The number of hydrogen-bond acceptors (Lipinski definition) is 4. The fourth-order valence-electron chi connectivity index (χ4n) is 3.43. The highest BCUT2D eigenvalue weighted by Gasteiger charge is 2.48. The molecular formula is C22H15Cl2NO4. The molecule has 2 aromatic carbocycles. The van der Waals surface area contributed by atoms with Gasteiger partial charge in [0.05, 0.1) is 11.8 Å². The lowest BCUT2D eigenvalue weighted by molar-refractivity contribution is -0.132. The van der Waals surface area contributed by atoms with Gasteiger partial charge in [-0.3, -0.25) is 14.5 Å². The number of aryl methyl sites for hydroxylation is 1. The second-order valence-corrected chi connectivity index (χ2v) is 7.50. The van der Waals surface area contributed by atoms with Crippen LogP contribution >= 0.6 is 23.2 Å². The number of Topliss-reactive ketones (excluding diaryl/α,β-unsaturated/α-hetero) is 1. The number of ketones is 1. The molecule has 0 radical (unpaired) electrons.